The van der Waals surface area contributed by atoms with Gasteiger partial charge in [-0.2, -0.15) is 18.3 Å². The number of aromatic nitrogens is 5. The molecule has 2 unspecified atom stereocenters. The van der Waals surface area contributed by atoms with Gasteiger partial charge in [0.1, 0.15) is 29.3 Å². The molecule has 0 amide bonds. The van der Waals surface area contributed by atoms with E-state index in [2.05, 4.69) is 25.0 Å². The number of alkyl halides is 5. The summed E-state index contributed by atoms with van der Waals surface area (Å²) < 4.78 is 69.9. The summed E-state index contributed by atoms with van der Waals surface area (Å²) in [4.78, 5) is 14.2. The molecule has 31 heavy (non-hydrogen) atoms. The van der Waals surface area contributed by atoms with Gasteiger partial charge in [-0.1, -0.05) is 0 Å². The lowest BCUT2D eigenvalue weighted by molar-refractivity contribution is -0.141. The Labute approximate surface area is 172 Å². The molecule has 5 rings (SSSR count). The summed E-state index contributed by atoms with van der Waals surface area (Å²) in [5, 5.41) is 3.92. The highest BCUT2D eigenvalue weighted by atomic mass is 19.4. The molecule has 2 fully saturated rings. The first kappa shape index (κ1) is 19.9. The first-order valence-corrected chi connectivity index (χ1v) is 9.67. The molecule has 0 aromatic carbocycles. The molecule has 3 aromatic rings. The van der Waals surface area contributed by atoms with E-state index in [4.69, 9.17) is 4.74 Å². The lowest BCUT2D eigenvalue weighted by Gasteiger charge is -2.20. The number of rotatable bonds is 6. The second-order valence-electron chi connectivity index (χ2n) is 7.74. The molecular formula is C19H17F5N6O. The third kappa shape index (κ3) is 3.86. The number of nitrogens with zero attached hydrogens (tertiary/aromatic N) is 6. The monoisotopic (exact) mass is 440 g/mol. The summed E-state index contributed by atoms with van der Waals surface area (Å²) in [6, 6.07) is 2.17. The minimum Gasteiger partial charge on any atom is -0.492 e. The molecule has 1 saturated carbocycles. The van der Waals surface area contributed by atoms with Crippen molar-refractivity contribution in [1.82, 2.24) is 24.7 Å². The van der Waals surface area contributed by atoms with Crippen molar-refractivity contribution in [3.8, 4) is 5.75 Å². The number of hydrogen-bond acceptors (Lipinski definition) is 6. The second kappa shape index (κ2) is 7.27. The van der Waals surface area contributed by atoms with Gasteiger partial charge in [0.2, 0.25) is 0 Å². The number of halogens is 5. The molecule has 4 heterocycles. The second-order valence-corrected chi connectivity index (χ2v) is 7.74. The highest BCUT2D eigenvalue weighted by Gasteiger charge is 2.56. The Morgan fingerprint density at radius 3 is 2.48 bits per heavy atom. The van der Waals surface area contributed by atoms with Crippen LogP contribution in [-0.4, -0.2) is 50.9 Å². The normalized spacial score (nSPS) is 22.9. The van der Waals surface area contributed by atoms with Crippen molar-refractivity contribution in [2.75, 3.05) is 24.6 Å². The van der Waals surface area contributed by atoms with Crippen LogP contribution in [0, 0.1) is 17.8 Å². The molecule has 0 radical (unpaired) electrons. The molecule has 3 aromatic heterocycles. The van der Waals surface area contributed by atoms with Crippen molar-refractivity contribution in [2.45, 2.75) is 19.1 Å². The Morgan fingerprint density at radius 1 is 1.06 bits per heavy atom. The van der Waals surface area contributed by atoms with Crippen molar-refractivity contribution in [2.24, 2.45) is 17.8 Å². The molecule has 7 nitrogen and oxygen atoms in total. The van der Waals surface area contributed by atoms with Gasteiger partial charge in [-0.25, -0.2) is 28.4 Å². The van der Waals surface area contributed by atoms with Crippen molar-refractivity contribution < 1.29 is 26.7 Å². The fraction of sp³-hybridized carbons (Fsp3) is 0.474. The molecule has 0 spiro atoms. The van der Waals surface area contributed by atoms with Crippen molar-refractivity contribution in [3.63, 3.8) is 0 Å². The summed E-state index contributed by atoms with van der Waals surface area (Å²) in [7, 11) is 0. The van der Waals surface area contributed by atoms with E-state index in [-0.39, 0.29) is 0 Å². The maximum atomic E-state index is 12.7. The number of pyridine rings is 1. The van der Waals surface area contributed by atoms with E-state index in [1.165, 1.54) is 12.3 Å². The minimum absolute atomic E-state index is 0.304. The van der Waals surface area contributed by atoms with Crippen LogP contribution in [0.25, 0.3) is 11.2 Å². The molecule has 2 aliphatic rings. The summed E-state index contributed by atoms with van der Waals surface area (Å²) in [5.74, 6) is 1.98. The van der Waals surface area contributed by atoms with Crippen LogP contribution in [0.2, 0.25) is 0 Å². The third-order valence-electron chi connectivity index (χ3n) is 5.81. The number of ether oxygens (including phenoxy) is 1. The van der Waals surface area contributed by atoms with E-state index in [0.717, 1.165) is 30.0 Å². The Hall–Kier alpha value is -3.05. The van der Waals surface area contributed by atoms with Gasteiger partial charge in [-0.3, -0.25) is 0 Å². The van der Waals surface area contributed by atoms with E-state index >= 15 is 0 Å². The molecule has 1 aliphatic carbocycles. The Balaban J connectivity index is 1.18. The quantitative estimate of drug-likeness (QED) is 0.548. The summed E-state index contributed by atoms with van der Waals surface area (Å²) in [5.41, 5.74) is -0.162. The van der Waals surface area contributed by atoms with Crippen LogP contribution in [-0.2, 0) is 12.7 Å². The van der Waals surface area contributed by atoms with E-state index in [0.29, 0.717) is 47.1 Å². The van der Waals surface area contributed by atoms with Gasteiger partial charge in [0.15, 0.2) is 5.65 Å². The standard InChI is InChI=1S/C19H17F5N6O/c20-16(21)8-30-18-14(4-27-30)25-5-17(28-18)29-6-11-12(7-29)13(11)9-31-10-1-2-15(26-3-10)19(22,23)24/h1-5,11-13,16H,6-9H2. The third-order valence-corrected chi connectivity index (χ3v) is 5.81. The maximum absolute atomic E-state index is 12.7. The van der Waals surface area contributed by atoms with Gasteiger partial charge >= 0.3 is 6.18 Å². The Bertz CT molecular complexity index is 1070. The van der Waals surface area contributed by atoms with E-state index in [1.54, 1.807) is 6.20 Å². The van der Waals surface area contributed by atoms with Gasteiger partial charge in [0.05, 0.1) is 25.2 Å². The van der Waals surface area contributed by atoms with Gasteiger partial charge in [-0.05, 0) is 24.0 Å². The summed E-state index contributed by atoms with van der Waals surface area (Å²) >= 11 is 0. The zero-order chi connectivity index (χ0) is 21.8. The zero-order valence-corrected chi connectivity index (χ0v) is 16.0. The predicted octanol–water partition coefficient (Wildman–Crippen LogP) is 3.27. The molecule has 12 heteroatoms. The first-order chi connectivity index (χ1) is 14.8. The smallest absolute Gasteiger partial charge is 0.433 e. The Kier molecular flexibility index (Phi) is 4.67. The lowest BCUT2D eigenvalue weighted by atomic mass is 10.3. The largest absolute Gasteiger partial charge is 0.492 e. The number of piperidine rings is 1. The van der Waals surface area contributed by atoms with E-state index < -0.39 is 24.8 Å². The first-order valence-electron chi connectivity index (χ1n) is 9.67. The molecule has 0 bridgehead atoms. The molecule has 0 N–H and O–H groups in total. The molecule has 1 aliphatic heterocycles. The zero-order valence-electron chi connectivity index (χ0n) is 16.0. The summed E-state index contributed by atoms with van der Waals surface area (Å²) in [6.45, 7) is 1.33. The van der Waals surface area contributed by atoms with Gasteiger partial charge < -0.3 is 9.64 Å². The molecular weight excluding hydrogens is 423 g/mol. The minimum atomic E-state index is -4.47. The highest BCUT2D eigenvalue weighted by Crippen LogP contribution is 2.52. The SMILES string of the molecule is FC(F)Cn1ncc2ncc(N3CC4C(COc5ccc(C(F)(F)F)nc5)C4C3)nc21. The Morgan fingerprint density at radius 2 is 1.84 bits per heavy atom. The number of fused-ring (bicyclic) bond motifs is 2. The van der Waals surface area contributed by atoms with Crippen molar-refractivity contribution in [3.05, 3.63) is 36.4 Å². The van der Waals surface area contributed by atoms with E-state index in [1.807, 2.05) is 0 Å². The van der Waals surface area contributed by atoms with Crippen LogP contribution in [0.5, 0.6) is 5.75 Å². The summed E-state index contributed by atoms with van der Waals surface area (Å²) in [6.07, 6.45) is -2.90. The molecule has 1 saturated heterocycles. The number of hydrogen-bond donors (Lipinski definition) is 0. The highest BCUT2D eigenvalue weighted by molar-refractivity contribution is 5.71. The van der Waals surface area contributed by atoms with Crippen molar-refractivity contribution >= 4 is 17.0 Å². The maximum Gasteiger partial charge on any atom is 0.433 e. The van der Waals surface area contributed by atoms with Crippen LogP contribution in [0.3, 0.4) is 0 Å². The average Bonchev–Trinajstić information content (AvgIpc) is 3.04. The van der Waals surface area contributed by atoms with Gasteiger partial charge in [0, 0.05) is 19.0 Å². The fourth-order valence-electron chi connectivity index (χ4n) is 4.17. The van der Waals surface area contributed by atoms with Crippen LogP contribution < -0.4 is 9.64 Å². The van der Waals surface area contributed by atoms with E-state index in [9.17, 15) is 22.0 Å². The number of anilines is 1. The fourth-order valence-corrected chi connectivity index (χ4v) is 4.17. The van der Waals surface area contributed by atoms with Crippen LogP contribution in [0.1, 0.15) is 5.69 Å². The van der Waals surface area contributed by atoms with Gasteiger partial charge in [0.25, 0.3) is 6.43 Å². The van der Waals surface area contributed by atoms with Crippen LogP contribution in [0.4, 0.5) is 27.8 Å². The van der Waals surface area contributed by atoms with Crippen LogP contribution >= 0.6 is 0 Å². The lowest BCUT2D eigenvalue weighted by Crippen LogP contribution is -2.26. The topological polar surface area (TPSA) is 69.0 Å². The molecule has 2 atom stereocenters. The molecule has 164 valence electrons. The van der Waals surface area contributed by atoms with Crippen LogP contribution in [0.15, 0.2) is 30.7 Å². The van der Waals surface area contributed by atoms with Crippen molar-refractivity contribution in [1.29, 1.82) is 0 Å². The predicted molar refractivity (Wildman–Crippen MR) is 98.7 cm³/mol. The average molecular weight is 440 g/mol. The van der Waals surface area contributed by atoms with Gasteiger partial charge in [-0.15, -0.1) is 0 Å².